The Morgan fingerprint density at radius 2 is 1.89 bits per heavy atom. The molecule has 0 spiro atoms. The van der Waals surface area contributed by atoms with Gasteiger partial charge < -0.3 is 5.32 Å². The first-order valence-corrected chi connectivity index (χ1v) is 8.63. The lowest BCUT2D eigenvalue weighted by molar-refractivity contribution is 0.108. The highest BCUT2D eigenvalue weighted by molar-refractivity contribution is 4.87. The first-order chi connectivity index (χ1) is 8.89. The lowest BCUT2D eigenvalue weighted by atomic mass is 9.68. The van der Waals surface area contributed by atoms with E-state index in [1.807, 2.05) is 0 Å². The molecule has 1 rings (SSSR count). The van der Waals surface area contributed by atoms with E-state index < -0.39 is 0 Å². The summed E-state index contributed by atoms with van der Waals surface area (Å²) in [6, 6.07) is 0.718. The molecule has 1 N–H and O–H groups in total. The largest absolute Gasteiger partial charge is 0.314 e. The predicted octanol–water partition coefficient (Wildman–Crippen LogP) is 5.25. The maximum atomic E-state index is 3.65. The molecule has 0 aromatic carbocycles. The van der Waals surface area contributed by atoms with Crippen molar-refractivity contribution in [2.45, 2.75) is 86.1 Å². The van der Waals surface area contributed by atoms with Crippen LogP contribution < -0.4 is 5.32 Å². The van der Waals surface area contributed by atoms with Crippen molar-refractivity contribution in [1.82, 2.24) is 5.32 Å². The summed E-state index contributed by atoms with van der Waals surface area (Å²) in [5, 5.41) is 3.65. The van der Waals surface area contributed by atoms with Crippen molar-refractivity contribution in [1.29, 1.82) is 0 Å². The van der Waals surface area contributed by atoms with Gasteiger partial charge in [0, 0.05) is 6.04 Å². The van der Waals surface area contributed by atoms with Crippen LogP contribution in [0.2, 0.25) is 0 Å². The number of hydrogen-bond acceptors (Lipinski definition) is 1. The zero-order valence-corrected chi connectivity index (χ0v) is 14.3. The van der Waals surface area contributed by atoms with Crippen LogP contribution in [0.5, 0.6) is 0 Å². The van der Waals surface area contributed by atoms with E-state index in [-0.39, 0.29) is 0 Å². The first-order valence-electron chi connectivity index (χ1n) is 8.63. The Balaban J connectivity index is 2.70. The van der Waals surface area contributed by atoms with Gasteiger partial charge in [0.05, 0.1) is 0 Å². The predicted molar refractivity (Wildman–Crippen MR) is 86.4 cm³/mol. The third kappa shape index (κ3) is 5.45. The molecule has 0 bridgehead atoms. The fourth-order valence-corrected chi connectivity index (χ4v) is 3.71. The van der Waals surface area contributed by atoms with Crippen molar-refractivity contribution in [3.05, 3.63) is 0 Å². The molecule has 0 aromatic rings. The van der Waals surface area contributed by atoms with Crippen molar-refractivity contribution in [3.8, 4) is 0 Å². The van der Waals surface area contributed by atoms with Crippen molar-refractivity contribution in [2.24, 2.45) is 23.2 Å². The third-order valence-electron chi connectivity index (χ3n) is 5.45. The summed E-state index contributed by atoms with van der Waals surface area (Å²) in [5.74, 6) is 2.73. The van der Waals surface area contributed by atoms with E-state index in [4.69, 9.17) is 0 Å². The first kappa shape index (κ1) is 17.0. The highest BCUT2D eigenvalue weighted by atomic mass is 14.9. The van der Waals surface area contributed by atoms with E-state index in [2.05, 4.69) is 46.9 Å². The molecular weight excluding hydrogens is 230 g/mol. The Bertz CT molecular complexity index is 246. The average molecular weight is 268 g/mol. The molecule has 1 saturated heterocycles. The Labute approximate surface area is 121 Å². The van der Waals surface area contributed by atoms with Gasteiger partial charge in [0.1, 0.15) is 0 Å². The van der Waals surface area contributed by atoms with Crippen LogP contribution in [-0.4, -0.2) is 12.6 Å². The van der Waals surface area contributed by atoms with Crippen LogP contribution in [0, 0.1) is 23.2 Å². The average Bonchev–Trinajstić information content (AvgIpc) is 2.37. The Morgan fingerprint density at radius 3 is 2.47 bits per heavy atom. The fourth-order valence-electron chi connectivity index (χ4n) is 3.71. The highest BCUT2D eigenvalue weighted by Crippen LogP contribution is 2.40. The molecule has 1 nitrogen and oxygen atoms in total. The molecule has 114 valence electrons. The van der Waals surface area contributed by atoms with Gasteiger partial charge in [-0.1, -0.05) is 60.3 Å². The summed E-state index contributed by atoms with van der Waals surface area (Å²) in [6.07, 6.45) is 8.32. The normalized spacial score (nSPS) is 30.3. The van der Waals surface area contributed by atoms with E-state index in [1.165, 1.54) is 45.1 Å². The summed E-state index contributed by atoms with van der Waals surface area (Å²) in [7, 11) is 0. The molecule has 1 heterocycles. The topological polar surface area (TPSA) is 12.0 Å². The smallest absolute Gasteiger partial charge is 0.00416 e. The zero-order valence-electron chi connectivity index (χ0n) is 14.3. The summed E-state index contributed by atoms with van der Waals surface area (Å²) < 4.78 is 0. The molecule has 1 aliphatic heterocycles. The maximum absolute atomic E-state index is 3.65. The van der Waals surface area contributed by atoms with Crippen molar-refractivity contribution < 1.29 is 0 Å². The lowest BCUT2D eigenvalue weighted by Crippen LogP contribution is -2.44. The molecule has 0 aliphatic carbocycles. The van der Waals surface area contributed by atoms with Crippen molar-refractivity contribution in [3.63, 3.8) is 0 Å². The molecule has 4 unspecified atom stereocenters. The summed E-state index contributed by atoms with van der Waals surface area (Å²) >= 11 is 0. The van der Waals surface area contributed by atoms with Crippen LogP contribution in [0.25, 0.3) is 0 Å². The van der Waals surface area contributed by atoms with Crippen LogP contribution in [0.4, 0.5) is 0 Å². The minimum Gasteiger partial charge on any atom is -0.314 e. The molecule has 0 aromatic heterocycles. The van der Waals surface area contributed by atoms with Gasteiger partial charge in [-0.15, -0.1) is 0 Å². The standard InChI is InChI=1S/C18H37N/c1-7-9-10-16(12-18(5,6)8-2)17-11-15(4)19-13-14(17)3/h14-17,19H,7-13H2,1-6H3. The van der Waals surface area contributed by atoms with Crippen molar-refractivity contribution >= 4 is 0 Å². The van der Waals surface area contributed by atoms with Crippen LogP contribution in [0.1, 0.15) is 80.1 Å². The van der Waals surface area contributed by atoms with E-state index in [0.717, 1.165) is 23.8 Å². The van der Waals surface area contributed by atoms with Gasteiger partial charge in [-0.2, -0.15) is 0 Å². The van der Waals surface area contributed by atoms with Gasteiger partial charge in [0.25, 0.3) is 0 Å². The quantitative estimate of drug-likeness (QED) is 0.664. The van der Waals surface area contributed by atoms with Gasteiger partial charge in [-0.05, 0) is 49.5 Å². The second-order valence-corrected chi connectivity index (χ2v) is 7.81. The molecule has 4 atom stereocenters. The molecule has 0 amide bonds. The molecule has 19 heavy (non-hydrogen) atoms. The van der Waals surface area contributed by atoms with Gasteiger partial charge >= 0.3 is 0 Å². The second kappa shape index (κ2) is 7.67. The van der Waals surface area contributed by atoms with E-state index in [9.17, 15) is 0 Å². The monoisotopic (exact) mass is 267 g/mol. The highest BCUT2D eigenvalue weighted by Gasteiger charge is 2.34. The number of unbranched alkanes of at least 4 members (excludes halogenated alkanes) is 1. The molecule has 1 fully saturated rings. The number of nitrogens with one attached hydrogen (secondary N) is 1. The summed E-state index contributed by atoms with van der Waals surface area (Å²) in [6.45, 7) is 15.6. The molecule has 1 aliphatic rings. The van der Waals surface area contributed by atoms with Crippen LogP contribution in [0.15, 0.2) is 0 Å². The molecule has 0 radical (unpaired) electrons. The SMILES string of the molecule is CCCCC(CC(C)(C)CC)C1CC(C)NCC1C. The molecule has 1 heteroatoms. The Kier molecular flexibility index (Phi) is 6.86. The summed E-state index contributed by atoms with van der Waals surface area (Å²) in [4.78, 5) is 0. The fraction of sp³-hybridized carbons (Fsp3) is 1.00. The third-order valence-corrected chi connectivity index (χ3v) is 5.45. The van der Waals surface area contributed by atoms with Crippen LogP contribution in [-0.2, 0) is 0 Å². The zero-order chi connectivity index (χ0) is 14.5. The van der Waals surface area contributed by atoms with Gasteiger partial charge in [0.15, 0.2) is 0 Å². The van der Waals surface area contributed by atoms with Gasteiger partial charge in [0.2, 0.25) is 0 Å². The number of piperidine rings is 1. The molecular formula is C18H37N. The van der Waals surface area contributed by atoms with E-state index in [0.29, 0.717) is 5.41 Å². The minimum atomic E-state index is 0.520. The van der Waals surface area contributed by atoms with E-state index in [1.54, 1.807) is 0 Å². The molecule has 0 saturated carbocycles. The minimum absolute atomic E-state index is 0.520. The van der Waals surface area contributed by atoms with Gasteiger partial charge in [-0.25, -0.2) is 0 Å². The maximum Gasteiger partial charge on any atom is 0.00416 e. The Morgan fingerprint density at radius 1 is 1.21 bits per heavy atom. The number of rotatable bonds is 7. The van der Waals surface area contributed by atoms with Crippen LogP contribution >= 0.6 is 0 Å². The van der Waals surface area contributed by atoms with E-state index >= 15 is 0 Å². The van der Waals surface area contributed by atoms with Crippen molar-refractivity contribution in [2.75, 3.05) is 6.54 Å². The van der Waals surface area contributed by atoms with Gasteiger partial charge in [-0.3, -0.25) is 0 Å². The summed E-state index contributed by atoms with van der Waals surface area (Å²) in [5.41, 5.74) is 0.520. The Hall–Kier alpha value is -0.0400. The number of hydrogen-bond donors (Lipinski definition) is 1. The lowest BCUT2D eigenvalue weighted by Gasteiger charge is -2.41. The van der Waals surface area contributed by atoms with Crippen LogP contribution in [0.3, 0.4) is 0 Å². The second-order valence-electron chi connectivity index (χ2n) is 7.81.